The van der Waals surface area contributed by atoms with Crippen LogP contribution in [0.15, 0.2) is 6.07 Å². The van der Waals surface area contributed by atoms with Gasteiger partial charge in [0.05, 0.1) is 13.0 Å². The van der Waals surface area contributed by atoms with Gasteiger partial charge in [-0.1, -0.05) is 12.8 Å². The lowest BCUT2D eigenvalue weighted by molar-refractivity contribution is -0.148. The third-order valence-electron chi connectivity index (χ3n) is 7.31. The fourth-order valence-electron chi connectivity index (χ4n) is 5.07. The third-order valence-corrected chi connectivity index (χ3v) is 7.31. The number of esters is 1. The van der Waals surface area contributed by atoms with Crippen LogP contribution in [0, 0.1) is 23.4 Å². The van der Waals surface area contributed by atoms with Gasteiger partial charge in [-0.05, 0) is 25.7 Å². The maximum absolute atomic E-state index is 14.3. The van der Waals surface area contributed by atoms with Crippen molar-refractivity contribution in [3.8, 4) is 5.75 Å². The first-order chi connectivity index (χ1) is 18.6. The molecule has 4 rings (SSSR count). The van der Waals surface area contributed by atoms with Gasteiger partial charge in [0.15, 0.2) is 17.3 Å². The molecule has 39 heavy (non-hydrogen) atoms. The number of benzene rings is 1. The molecule has 1 atom stereocenters. The number of rotatable bonds is 3. The Labute approximate surface area is 222 Å². The lowest BCUT2D eigenvalue weighted by Gasteiger charge is -2.31. The number of piperidine rings is 1. The molecular formula is C26H30F3N3O7. The zero-order chi connectivity index (χ0) is 28.1. The maximum Gasteiger partial charge on any atom is 0.311 e. The van der Waals surface area contributed by atoms with Gasteiger partial charge in [-0.15, -0.1) is 0 Å². The SMILES string of the molecule is O=C1C[C@H](NC(=O)C2CCN(C(=O)C(=O)NC3CCCC3)CC2)C(=O)COc2c(F)c(F)cc(F)c2CCO1. The molecule has 0 spiro atoms. The highest BCUT2D eigenvalue weighted by Crippen LogP contribution is 2.29. The average molecular weight is 554 g/mol. The van der Waals surface area contributed by atoms with E-state index in [0.717, 1.165) is 25.7 Å². The molecule has 0 aromatic heterocycles. The minimum absolute atomic E-state index is 0.00237. The van der Waals surface area contributed by atoms with Crippen LogP contribution >= 0.6 is 0 Å². The molecule has 10 nitrogen and oxygen atoms in total. The average Bonchev–Trinajstić information content (AvgIpc) is 3.42. The summed E-state index contributed by atoms with van der Waals surface area (Å²) in [7, 11) is 0. The number of ketones is 1. The number of carbonyl (C=O) groups is 5. The molecule has 2 N–H and O–H groups in total. The van der Waals surface area contributed by atoms with Crippen LogP contribution in [-0.4, -0.2) is 72.8 Å². The van der Waals surface area contributed by atoms with Crippen LogP contribution in [-0.2, 0) is 35.1 Å². The molecule has 2 fully saturated rings. The van der Waals surface area contributed by atoms with Crippen molar-refractivity contribution in [2.75, 3.05) is 26.3 Å². The summed E-state index contributed by atoms with van der Waals surface area (Å²) in [5.41, 5.74) is -0.379. The number of fused-ring (bicyclic) bond motifs is 1. The van der Waals surface area contributed by atoms with Gasteiger partial charge >= 0.3 is 17.8 Å². The number of ether oxygens (including phenoxy) is 2. The summed E-state index contributed by atoms with van der Waals surface area (Å²) in [5.74, 6) is -9.04. The standard InChI is InChI=1S/C26H30F3N3O7/c27-17-11-18(28)22(29)23-16(17)7-10-38-21(34)12-19(20(33)13-39-23)31-24(35)14-5-8-32(9-6-14)26(37)25(36)30-15-3-1-2-4-15/h11,14-15,19H,1-10,12-13H2,(H,30,36)(H,31,35)/t19-/m0/s1. The Morgan fingerprint density at radius 1 is 0.923 bits per heavy atom. The first kappa shape index (κ1) is 28.4. The first-order valence-corrected chi connectivity index (χ1v) is 13.0. The second-order valence-electron chi connectivity index (χ2n) is 9.97. The van der Waals surface area contributed by atoms with Gasteiger partial charge in [0.2, 0.25) is 11.7 Å². The Bertz CT molecular complexity index is 1150. The van der Waals surface area contributed by atoms with Crippen molar-refractivity contribution in [1.82, 2.24) is 15.5 Å². The zero-order valence-corrected chi connectivity index (χ0v) is 21.2. The van der Waals surface area contributed by atoms with E-state index in [1.807, 2.05) is 0 Å². The Morgan fingerprint density at radius 2 is 1.62 bits per heavy atom. The van der Waals surface area contributed by atoms with Crippen LogP contribution in [0.1, 0.15) is 50.5 Å². The molecule has 0 unspecified atom stereocenters. The van der Waals surface area contributed by atoms with Gasteiger partial charge in [0.1, 0.15) is 18.5 Å². The molecule has 0 bridgehead atoms. The topological polar surface area (TPSA) is 131 Å². The largest absolute Gasteiger partial charge is 0.482 e. The summed E-state index contributed by atoms with van der Waals surface area (Å²) in [6, 6.07) is -1.04. The van der Waals surface area contributed by atoms with Gasteiger partial charge in [-0.25, -0.2) is 8.78 Å². The second kappa shape index (κ2) is 12.5. The van der Waals surface area contributed by atoms with Gasteiger partial charge in [0, 0.05) is 43.1 Å². The number of halogens is 3. The van der Waals surface area contributed by atoms with E-state index >= 15 is 0 Å². The molecule has 1 saturated heterocycles. The molecule has 0 radical (unpaired) electrons. The van der Waals surface area contributed by atoms with E-state index in [-0.39, 0.29) is 50.6 Å². The molecule has 1 saturated carbocycles. The van der Waals surface area contributed by atoms with E-state index in [4.69, 9.17) is 9.47 Å². The second-order valence-corrected chi connectivity index (χ2v) is 9.97. The summed E-state index contributed by atoms with van der Waals surface area (Å²) in [6.45, 7) is -0.918. The molecule has 1 aliphatic carbocycles. The smallest absolute Gasteiger partial charge is 0.311 e. The van der Waals surface area contributed by atoms with Crippen molar-refractivity contribution in [2.45, 2.75) is 63.5 Å². The summed E-state index contributed by atoms with van der Waals surface area (Å²) in [5, 5.41) is 5.23. The van der Waals surface area contributed by atoms with Crippen LogP contribution in [0.5, 0.6) is 5.75 Å². The van der Waals surface area contributed by atoms with Crippen LogP contribution in [0.3, 0.4) is 0 Å². The van der Waals surface area contributed by atoms with E-state index in [9.17, 15) is 37.1 Å². The number of cyclic esters (lactones) is 1. The van der Waals surface area contributed by atoms with Gasteiger partial charge in [0.25, 0.3) is 0 Å². The molecule has 212 valence electrons. The Hall–Kier alpha value is -3.64. The third kappa shape index (κ3) is 6.87. The van der Waals surface area contributed by atoms with Crippen molar-refractivity contribution in [3.05, 3.63) is 29.1 Å². The summed E-state index contributed by atoms with van der Waals surface area (Å²) < 4.78 is 52.4. The molecule has 13 heteroatoms. The van der Waals surface area contributed by atoms with E-state index in [0.29, 0.717) is 6.07 Å². The van der Waals surface area contributed by atoms with Crippen molar-refractivity contribution in [1.29, 1.82) is 0 Å². The fourth-order valence-corrected chi connectivity index (χ4v) is 5.07. The van der Waals surface area contributed by atoms with Crippen molar-refractivity contribution in [3.63, 3.8) is 0 Å². The predicted molar refractivity (Wildman–Crippen MR) is 128 cm³/mol. The molecule has 2 aliphatic heterocycles. The van der Waals surface area contributed by atoms with Gasteiger partial charge in [-0.3, -0.25) is 24.0 Å². The highest BCUT2D eigenvalue weighted by molar-refractivity contribution is 6.35. The minimum Gasteiger partial charge on any atom is -0.482 e. The Balaban J connectivity index is 1.35. The lowest BCUT2D eigenvalue weighted by Crippen LogP contribution is -2.51. The maximum atomic E-state index is 14.3. The highest BCUT2D eigenvalue weighted by Gasteiger charge is 2.34. The van der Waals surface area contributed by atoms with E-state index in [1.54, 1.807) is 0 Å². The van der Waals surface area contributed by atoms with Crippen LogP contribution in [0.2, 0.25) is 0 Å². The van der Waals surface area contributed by atoms with Crippen LogP contribution in [0.4, 0.5) is 13.2 Å². The molecule has 2 heterocycles. The zero-order valence-electron chi connectivity index (χ0n) is 21.2. The molecule has 1 aromatic carbocycles. The fraction of sp³-hybridized carbons (Fsp3) is 0.577. The number of Topliss-reactive ketones (excluding diaryl/α,β-unsaturated/α-hetero) is 1. The number of likely N-dealkylation sites (tertiary alicyclic amines) is 1. The van der Waals surface area contributed by atoms with Gasteiger partial charge in [-0.2, -0.15) is 4.39 Å². The van der Waals surface area contributed by atoms with Gasteiger partial charge < -0.3 is 25.0 Å². The van der Waals surface area contributed by atoms with Crippen LogP contribution in [0.25, 0.3) is 0 Å². The Morgan fingerprint density at radius 3 is 2.31 bits per heavy atom. The number of nitrogens with one attached hydrogen (secondary N) is 2. The van der Waals surface area contributed by atoms with E-state index < -0.39 is 77.7 Å². The first-order valence-electron chi connectivity index (χ1n) is 13.0. The van der Waals surface area contributed by atoms with Crippen molar-refractivity contribution >= 4 is 29.5 Å². The number of carbonyl (C=O) groups excluding carboxylic acids is 5. The predicted octanol–water partition coefficient (Wildman–Crippen LogP) is 1.32. The van der Waals surface area contributed by atoms with Crippen LogP contribution < -0.4 is 15.4 Å². The molecule has 3 amide bonds. The van der Waals surface area contributed by atoms with Crippen molar-refractivity contribution < 1.29 is 46.6 Å². The quantitative estimate of drug-likeness (QED) is 0.328. The summed E-state index contributed by atoms with van der Waals surface area (Å²) >= 11 is 0. The number of amides is 3. The number of hydrogen-bond donors (Lipinski definition) is 2. The normalized spacial score (nSPS) is 21.3. The minimum atomic E-state index is -1.50. The Kier molecular flexibility index (Phi) is 9.08. The molecular weight excluding hydrogens is 523 g/mol. The van der Waals surface area contributed by atoms with E-state index in [1.165, 1.54) is 4.90 Å². The highest BCUT2D eigenvalue weighted by atomic mass is 19.2. The monoisotopic (exact) mass is 553 g/mol. The van der Waals surface area contributed by atoms with E-state index in [2.05, 4.69) is 10.6 Å². The number of nitrogens with zero attached hydrogens (tertiary/aromatic N) is 1. The summed E-state index contributed by atoms with van der Waals surface area (Å²) in [6.07, 6.45) is 3.31. The van der Waals surface area contributed by atoms with Crippen molar-refractivity contribution in [2.24, 2.45) is 5.92 Å². The summed E-state index contributed by atoms with van der Waals surface area (Å²) in [4.78, 5) is 64.2. The molecule has 3 aliphatic rings. The lowest BCUT2D eigenvalue weighted by atomic mass is 9.95. The number of hydrogen-bond acceptors (Lipinski definition) is 7. The molecule has 1 aromatic rings.